The molecule has 2 rings (SSSR count). The van der Waals surface area contributed by atoms with Crippen LogP contribution in [0.2, 0.25) is 0 Å². The van der Waals surface area contributed by atoms with Crippen molar-refractivity contribution in [2.24, 2.45) is 11.7 Å². The van der Waals surface area contributed by atoms with Crippen LogP contribution in [0, 0.1) is 17.1 Å². The molecule has 0 aliphatic carbocycles. The minimum Gasteiger partial charge on any atom is -0.493 e. The quantitative estimate of drug-likeness (QED) is 0.424. The van der Waals surface area contributed by atoms with E-state index in [4.69, 9.17) is 20.6 Å². The molecule has 0 aliphatic rings. The SMILES string of the molecule is CO[C@H](C(=O)NCc1ccc(C(=N)N)cc1)c1ccc(OCC(C)C)cc1F.Cl. The van der Waals surface area contributed by atoms with E-state index in [2.05, 4.69) is 5.32 Å². The maximum absolute atomic E-state index is 14.5. The summed E-state index contributed by atoms with van der Waals surface area (Å²) in [6.45, 7) is 4.73. The predicted octanol–water partition coefficient (Wildman–Crippen LogP) is 3.57. The Morgan fingerprint density at radius 3 is 2.38 bits per heavy atom. The highest BCUT2D eigenvalue weighted by Gasteiger charge is 2.23. The van der Waals surface area contributed by atoms with Gasteiger partial charge in [0.15, 0.2) is 6.10 Å². The standard InChI is InChI=1S/C21H26FN3O3.ClH/c1-13(2)12-28-16-8-9-17(18(22)10-16)19(27-3)21(26)25-11-14-4-6-15(7-5-14)20(23)24;/h4-10,13,19H,11-12H2,1-3H3,(H3,23,24)(H,25,26);1H/t19-;/m0./s1. The first-order valence-corrected chi connectivity index (χ1v) is 8.98. The number of nitrogen functional groups attached to an aromatic ring is 1. The molecule has 0 aromatic heterocycles. The first-order chi connectivity index (χ1) is 13.3. The highest BCUT2D eigenvalue weighted by Crippen LogP contribution is 2.25. The van der Waals surface area contributed by atoms with Crippen molar-refractivity contribution in [2.75, 3.05) is 13.7 Å². The number of carbonyl (C=O) groups excluding carboxylic acids is 1. The van der Waals surface area contributed by atoms with E-state index in [0.717, 1.165) is 5.56 Å². The Morgan fingerprint density at radius 2 is 1.86 bits per heavy atom. The highest BCUT2D eigenvalue weighted by atomic mass is 35.5. The number of hydrogen-bond acceptors (Lipinski definition) is 4. The minimum absolute atomic E-state index is 0. The van der Waals surface area contributed by atoms with Gasteiger partial charge in [-0.3, -0.25) is 10.2 Å². The van der Waals surface area contributed by atoms with Crippen LogP contribution in [0.3, 0.4) is 0 Å². The fraction of sp³-hybridized carbons (Fsp3) is 0.333. The molecule has 2 aromatic carbocycles. The first-order valence-electron chi connectivity index (χ1n) is 8.98. The lowest BCUT2D eigenvalue weighted by molar-refractivity contribution is -0.131. The number of hydrogen-bond donors (Lipinski definition) is 3. The van der Waals surface area contributed by atoms with E-state index in [1.165, 1.54) is 19.2 Å². The number of halogens is 2. The Bertz CT molecular complexity index is 828. The molecule has 158 valence electrons. The highest BCUT2D eigenvalue weighted by molar-refractivity contribution is 5.94. The molecule has 0 saturated carbocycles. The molecular formula is C21H27ClFN3O3. The fourth-order valence-electron chi connectivity index (χ4n) is 2.53. The summed E-state index contributed by atoms with van der Waals surface area (Å²) in [5.74, 6) is -0.297. The molecule has 29 heavy (non-hydrogen) atoms. The van der Waals surface area contributed by atoms with Crippen LogP contribution in [0.1, 0.15) is 36.6 Å². The zero-order valence-electron chi connectivity index (χ0n) is 16.7. The second-order valence-corrected chi connectivity index (χ2v) is 6.83. The van der Waals surface area contributed by atoms with Crippen LogP contribution in [0.4, 0.5) is 4.39 Å². The number of amidine groups is 1. The summed E-state index contributed by atoms with van der Waals surface area (Å²) in [7, 11) is 1.36. The van der Waals surface area contributed by atoms with Gasteiger partial charge in [-0.2, -0.15) is 0 Å². The van der Waals surface area contributed by atoms with E-state index in [9.17, 15) is 9.18 Å². The zero-order valence-corrected chi connectivity index (χ0v) is 17.5. The Morgan fingerprint density at radius 1 is 1.21 bits per heavy atom. The summed E-state index contributed by atoms with van der Waals surface area (Å²) >= 11 is 0. The number of benzene rings is 2. The van der Waals surface area contributed by atoms with Crippen molar-refractivity contribution in [3.8, 4) is 5.75 Å². The van der Waals surface area contributed by atoms with Crippen LogP contribution >= 0.6 is 12.4 Å². The van der Waals surface area contributed by atoms with E-state index < -0.39 is 17.8 Å². The average molecular weight is 424 g/mol. The van der Waals surface area contributed by atoms with Crippen molar-refractivity contribution in [2.45, 2.75) is 26.5 Å². The fourth-order valence-corrected chi connectivity index (χ4v) is 2.53. The largest absolute Gasteiger partial charge is 0.493 e. The van der Waals surface area contributed by atoms with Gasteiger partial charge in [0.25, 0.3) is 5.91 Å². The van der Waals surface area contributed by atoms with Gasteiger partial charge in [0, 0.05) is 30.8 Å². The monoisotopic (exact) mass is 423 g/mol. The Kier molecular flexibility index (Phi) is 9.58. The molecule has 8 heteroatoms. The summed E-state index contributed by atoms with van der Waals surface area (Å²) in [6.07, 6.45) is -1.07. The molecule has 0 spiro atoms. The molecule has 1 amide bonds. The van der Waals surface area contributed by atoms with E-state index in [-0.39, 0.29) is 30.4 Å². The number of nitrogens with one attached hydrogen (secondary N) is 2. The summed E-state index contributed by atoms with van der Waals surface area (Å²) < 4.78 is 25.2. The molecule has 0 aliphatic heterocycles. The number of amides is 1. The lowest BCUT2D eigenvalue weighted by Gasteiger charge is -2.17. The van der Waals surface area contributed by atoms with Gasteiger partial charge in [-0.05, 0) is 23.6 Å². The summed E-state index contributed by atoms with van der Waals surface area (Å²) in [4.78, 5) is 12.5. The average Bonchev–Trinajstić information content (AvgIpc) is 2.67. The predicted molar refractivity (Wildman–Crippen MR) is 113 cm³/mol. The van der Waals surface area contributed by atoms with Crippen molar-refractivity contribution >= 4 is 24.1 Å². The topological polar surface area (TPSA) is 97.4 Å². The molecule has 0 saturated heterocycles. The molecule has 2 aromatic rings. The minimum atomic E-state index is -1.07. The number of carbonyl (C=O) groups is 1. The summed E-state index contributed by atoms with van der Waals surface area (Å²) in [5.41, 5.74) is 6.99. The normalized spacial score (nSPS) is 11.5. The number of methoxy groups -OCH3 is 1. The third-order valence-corrected chi connectivity index (χ3v) is 4.04. The lowest BCUT2D eigenvalue weighted by Crippen LogP contribution is -2.30. The van der Waals surface area contributed by atoms with E-state index >= 15 is 0 Å². The van der Waals surface area contributed by atoms with Crippen molar-refractivity contribution < 1.29 is 18.7 Å². The third-order valence-electron chi connectivity index (χ3n) is 4.04. The van der Waals surface area contributed by atoms with Crippen LogP contribution in [0.15, 0.2) is 42.5 Å². The van der Waals surface area contributed by atoms with E-state index in [0.29, 0.717) is 23.8 Å². The Balaban J connectivity index is 0.00000420. The molecule has 0 fully saturated rings. The molecule has 0 unspecified atom stereocenters. The van der Waals surface area contributed by atoms with Crippen LogP contribution in [0.5, 0.6) is 5.75 Å². The number of ether oxygens (including phenoxy) is 2. The van der Waals surface area contributed by atoms with Gasteiger partial charge in [-0.25, -0.2) is 4.39 Å². The van der Waals surface area contributed by atoms with E-state index in [1.807, 2.05) is 13.8 Å². The van der Waals surface area contributed by atoms with Gasteiger partial charge in [0.1, 0.15) is 17.4 Å². The van der Waals surface area contributed by atoms with Gasteiger partial charge >= 0.3 is 0 Å². The van der Waals surface area contributed by atoms with Crippen molar-refractivity contribution in [3.05, 3.63) is 65.0 Å². The Hall–Kier alpha value is -2.64. The summed E-state index contributed by atoms with van der Waals surface area (Å²) in [6, 6.07) is 11.3. The number of rotatable bonds is 9. The van der Waals surface area contributed by atoms with Crippen LogP contribution in [-0.2, 0) is 16.1 Å². The molecule has 0 bridgehead atoms. The van der Waals surface area contributed by atoms with Gasteiger partial charge in [0.05, 0.1) is 6.61 Å². The molecule has 0 heterocycles. The lowest BCUT2D eigenvalue weighted by atomic mass is 10.1. The molecule has 6 nitrogen and oxygen atoms in total. The van der Waals surface area contributed by atoms with Gasteiger partial charge < -0.3 is 20.5 Å². The zero-order chi connectivity index (χ0) is 20.7. The third kappa shape index (κ3) is 7.03. The van der Waals surface area contributed by atoms with Crippen LogP contribution in [-0.4, -0.2) is 25.5 Å². The van der Waals surface area contributed by atoms with Gasteiger partial charge in [-0.15, -0.1) is 12.4 Å². The smallest absolute Gasteiger partial charge is 0.254 e. The number of nitrogens with two attached hydrogens (primary N) is 1. The molecule has 1 atom stereocenters. The van der Waals surface area contributed by atoms with Gasteiger partial charge in [-0.1, -0.05) is 38.1 Å². The molecular weight excluding hydrogens is 397 g/mol. The molecule has 0 radical (unpaired) electrons. The van der Waals surface area contributed by atoms with Crippen LogP contribution in [0.25, 0.3) is 0 Å². The van der Waals surface area contributed by atoms with Crippen molar-refractivity contribution in [3.63, 3.8) is 0 Å². The summed E-state index contributed by atoms with van der Waals surface area (Å²) in [5, 5.41) is 10.1. The Labute approximate surface area is 176 Å². The van der Waals surface area contributed by atoms with E-state index in [1.54, 1.807) is 30.3 Å². The first kappa shape index (κ1) is 24.4. The van der Waals surface area contributed by atoms with Crippen LogP contribution < -0.4 is 15.8 Å². The van der Waals surface area contributed by atoms with Gasteiger partial charge in [0.2, 0.25) is 0 Å². The van der Waals surface area contributed by atoms with Crippen molar-refractivity contribution in [1.29, 1.82) is 5.41 Å². The maximum atomic E-state index is 14.5. The maximum Gasteiger partial charge on any atom is 0.254 e. The molecule has 4 N–H and O–H groups in total. The van der Waals surface area contributed by atoms with Crippen molar-refractivity contribution in [1.82, 2.24) is 5.32 Å². The second-order valence-electron chi connectivity index (χ2n) is 6.83. The second kappa shape index (κ2) is 11.4.